The highest BCUT2D eigenvalue weighted by atomic mass is 79.9. The summed E-state index contributed by atoms with van der Waals surface area (Å²) in [4.78, 5) is 24.5. The van der Waals surface area contributed by atoms with Crippen LogP contribution in [-0.4, -0.2) is 11.6 Å². The van der Waals surface area contributed by atoms with Crippen LogP contribution in [0.2, 0.25) is 0 Å². The molecule has 0 atom stereocenters. The Morgan fingerprint density at radius 3 is 1.94 bits per heavy atom. The molecule has 0 bridgehead atoms. The number of fused-ring (bicyclic) bond motifs is 2. The minimum absolute atomic E-state index is 0. The predicted molar refractivity (Wildman–Crippen MR) is 74.2 cm³/mol. The van der Waals surface area contributed by atoms with Crippen LogP contribution in [0.4, 0.5) is 0 Å². The fraction of sp³-hybridized carbons (Fsp3) is 0.0667. The lowest BCUT2D eigenvalue weighted by molar-refractivity contribution is 0.0978. The zero-order chi connectivity index (χ0) is 12.0. The molecule has 90 valence electrons. The Balaban J connectivity index is 0.00000120. The Morgan fingerprint density at radius 2 is 1.28 bits per heavy atom. The summed E-state index contributed by atoms with van der Waals surface area (Å²) >= 11 is 3.33. The molecule has 2 aromatic rings. The summed E-state index contributed by atoms with van der Waals surface area (Å²) in [5.74, 6) is -0.181. The minimum atomic E-state index is -0.0947. The number of hydrogen-bond donors (Lipinski definition) is 0. The molecule has 0 aliphatic heterocycles. The van der Waals surface area contributed by atoms with Crippen molar-refractivity contribution in [2.75, 3.05) is 0 Å². The molecule has 0 unspecified atom stereocenters. The van der Waals surface area contributed by atoms with Gasteiger partial charge < -0.3 is 0 Å². The molecule has 3 heteroatoms. The SMILES string of the molecule is C.O=C1c2ccccc2C(=O)c2c(Br)cccc21. The molecule has 0 spiro atoms. The molecule has 0 saturated heterocycles. The van der Waals surface area contributed by atoms with Crippen LogP contribution in [0.1, 0.15) is 39.3 Å². The molecular weight excluding hydrogens is 292 g/mol. The average Bonchev–Trinajstić information content (AvgIpc) is 2.36. The van der Waals surface area contributed by atoms with Gasteiger partial charge in [-0.15, -0.1) is 0 Å². The van der Waals surface area contributed by atoms with Crippen molar-refractivity contribution in [2.24, 2.45) is 0 Å². The molecule has 2 nitrogen and oxygen atoms in total. The highest BCUT2D eigenvalue weighted by molar-refractivity contribution is 9.10. The third-order valence-electron chi connectivity index (χ3n) is 2.90. The van der Waals surface area contributed by atoms with Gasteiger partial charge in [-0.2, -0.15) is 0 Å². The molecule has 2 aromatic carbocycles. The summed E-state index contributed by atoms with van der Waals surface area (Å²) in [5, 5.41) is 0. The summed E-state index contributed by atoms with van der Waals surface area (Å²) in [5.41, 5.74) is 1.92. The van der Waals surface area contributed by atoms with Crippen molar-refractivity contribution in [3.05, 3.63) is 69.2 Å². The Kier molecular flexibility index (Phi) is 3.18. The molecule has 0 saturated carbocycles. The Labute approximate surface area is 114 Å². The first-order valence-electron chi connectivity index (χ1n) is 5.17. The number of rotatable bonds is 0. The van der Waals surface area contributed by atoms with Crippen molar-refractivity contribution in [2.45, 2.75) is 7.43 Å². The monoisotopic (exact) mass is 302 g/mol. The molecular formula is C15H11BrO2. The predicted octanol–water partition coefficient (Wildman–Crippen LogP) is 3.86. The van der Waals surface area contributed by atoms with Crippen molar-refractivity contribution in [3.8, 4) is 0 Å². The second kappa shape index (κ2) is 4.50. The van der Waals surface area contributed by atoms with Crippen LogP contribution in [0.25, 0.3) is 0 Å². The number of carbonyl (C=O) groups is 2. The van der Waals surface area contributed by atoms with Crippen LogP contribution >= 0.6 is 15.9 Å². The number of hydrogen-bond acceptors (Lipinski definition) is 2. The molecule has 1 aliphatic rings. The van der Waals surface area contributed by atoms with E-state index in [1.54, 1.807) is 42.5 Å². The fourth-order valence-electron chi connectivity index (χ4n) is 2.10. The highest BCUT2D eigenvalue weighted by Crippen LogP contribution is 2.31. The fourth-order valence-corrected chi connectivity index (χ4v) is 2.65. The molecule has 0 amide bonds. The smallest absolute Gasteiger partial charge is 0.195 e. The van der Waals surface area contributed by atoms with Crippen molar-refractivity contribution in [3.63, 3.8) is 0 Å². The average molecular weight is 303 g/mol. The van der Waals surface area contributed by atoms with Crippen LogP contribution in [0.3, 0.4) is 0 Å². The van der Waals surface area contributed by atoms with E-state index >= 15 is 0 Å². The molecule has 0 N–H and O–H groups in total. The van der Waals surface area contributed by atoms with Gasteiger partial charge in [0.1, 0.15) is 0 Å². The van der Waals surface area contributed by atoms with Crippen molar-refractivity contribution in [1.82, 2.24) is 0 Å². The zero-order valence-corrected chi connectivity index (χ0v) is 10.3. The summed E-state index contributed by atoms with van der Waals surface area (Å²) < 4.78 is 0.669. The van der Waals surface area contributed by atoms with Crippen LogP contribution in [-0.2, 0) is 0 Å². The topological polar surface area (TPSA) is 34.1 Å². The van der Waals surface area contributed by atoms with Crippen LogP contribution in [0, 0.1) is 0 Å². The quantitative estimate of drug-likeness (QED) is 0.632. The summed E-state index contributed by atoms with van der Waals surface area (Å²) in [6.07, 6.45) is 0. The zero-order valence-electron chi connectivity index (χ0n) is 8.74. The van der Waals surface area contributed by atoms with Crippen molar-refractivity contribution >= 4 is 27.5 Å². The van der Waals surface area contributed by atoms with E-state index in [1.807, 2.05) is 0 Å². The maximum atomic E-state index is 12.3. The van der Waals surface area contributed by atoms with Gasteiger partial charge in [0.25, 0.3) is 0 Å². The third kappa shape index (κ3) is 1.63. The maximum absolute atomic E-state index is 12.3. The number of benzene rings is 2. The lowest BCUT2D eigenvalue weighted by Crippen LogP contribution is -2.21. The van der Waals surface area contributed by atoms with Gasteiger partial charge >= 0.3 is 0 Å². The first-order chi connectivity index (χ1) is 8.20. The van der Waals surface area contributed by atoms with E-state index in [4.69, 9.17) is 0 Å². The van der Waals surface area contributed by atoms with Gasteiger partial charge in [-0.05, 0) is 6.07 Å². The molecule has 0 aromatic heterocycles. The van der Waals surface area contributed by atoms with E-state index in [9.17, 15) is 9.59 Å². The van der Waals surface area contributed by atoms with E-state index in [2.05, 4.69) is 15.9 Å². The Bertz CT molecular complexity index is 659. The molecule has 1 aliphatic carbocycles. The number of halogens is 1. The van der Waals surface area contributed by atoms with Gasteiger partial charge in [0, 0.05) is 26.7 Å². The van der Waals surface area contributed by atoms with E-state index in [-0.39, 0.29) is 19.0 Å². The van der Waals surface area contributed by atoms with E-state index in [0.717, 1.165) is 0 Å². The second-order valence-corrected chi connectivity index (χ2v) is 4.72. The minimum Gasteiger partial charge on any atom is -0.289 e. The molecule has 0 radical (unpaired) electrons. The third-order valence-corrected chi connectivity index (χ3v) is 3.56. The van der Waals surface area contributed by atoms with Crippen molar-refractivity contribution in [1.29, 1.82) is 0 Å². The van der Waals surface area contributed by atoms with Crippen LogP contribution in [0.15, 0.2) is 46.9 Å². The van der Waals surface area contributed by atoms with Gasteiger partial charge in [-0.1, -0.05) is 59.8 Å². The summed E-state index contributed by atoms with van der Waals surface area (Å²) in [6, 6.07) is 12.2. The lowest BCUT2D eigenvalue weighted by Gasteiger charge is -2.17. The van der Waals surface area contributed by atoms with Gasteiger partial charge in [-0.25, -0.2) is 0 Å². The standard InChI is InChI=1S/C14H7BrO2.CH4/c15-11-7-3-6-10-12(11)14(17)9-5-2-1-4-8(9)13(10)16;/h1-7H;1H4. The van der Waals surface area contributed by atoms with Crippen LogP contribution < -0.4 is 0 Å². The lowest BCUT2D eigenvalue weighted by atomic mass is 9.84. The molecule has 0 fully saturated rings. The first-order valence-corrected chi connectivity index (χ1v) is 5.96. The first kappa shape index (κ1) is 12.7. The molecule has 0 heterocycles. The number of carbonyl (C=O) groups excluding carboxylic acids is 2. The Hall–Kier alpha value is -1.74. The van der Waals surface area contributed by atoms with E-state index in [0.29, 0.717) is 26.7 Å². The van der Waals surface area contributed by atoms with Gasteiger partial charge in [0.15, 0.2) is 11.6 Å². The van der Waals surface area contributed by atoms with E-state index in [1.165, 1.54) is 0 Å². The second-order valence-electron chi connectivity index (χ2n) is 3.87. The highest BCUT2D eigenvalue weighted by Gasteiger charge is 2.30. The van der Waals surface area contributed by atoms with Gasteiger partial charge in [0.05, 0.1) is 0 Å². The molecule has 18 heavy (non-hydrogen) atoms. The van der Waals surface area contributed by atoms with Gasteiger partial charge in [-0.3, -0.25) is 9.59 Å². The summed E-state index contributed by atoms with van der Waals surface area (Å²) in [6.45, 7) is 0. The van der Waals surface area contributed by atoms with Gasteiger partial charge in [0.2, 0.25) is 0 Å². The molecule has 3 rings (SSSR count). The van der Waals surface area contributed by atoms with Crippen LogP contribution in [0.5, 0.6) is 0 Å². The number of ketones is 2. The van der Waals surface area contributed by atoms with E-state index < -0.39 is 0 Å². The summed E-state index contributed by atoms with van der Waals surface area (Å²) in [7, 11) is 0. The largest absolute Gasteiger partial charge is 0.289 e. The van der Waals surface area contributed by atoms with Crippen molar-refractivity contribution < 1.29 is 9.59 Å². The maximum Gasteiger partial charge on any atom is 0.195 e. The normalized spacial score (nSPS) is 12.5. The Morgan fingerprint density at radius 1 is 0.722 bits per heavy atom.